The van der Waals surface area contributed by atoms with Gasteiger partial charge in [0.2, 0.25) is 5.91 Å². The molecule has 34 heavy (non-hydrogen) atoms. The van der Waals surface area contributed by atoms with Gasteiger partial charge in [0, 0.05) is 17.7 Å². The molecule has 1 aliphatic carbocycles. The smallest absolute Gasteiger partial charge is 0.414 e. The Kier molecular flexibility index (Phi) is 7.28. The van der Waals surface area contributed by atoms with E-state index in [0.29, 0.717) is 18.7 Å². The van der Waals surface area contributed by atoms with Crippen molar-refractivity contribution >= 4 is 29.4 Å². The van der Waals surface area contributed by atoms with Gasteiger partial charge in [-0.3, -0.25) is 10.1 Å². The summed E-state index contributed by atoms with van der Waals surface area (Å²) in [5.74, 6) is -0.420. The Labute approximate surface area is 204 Å². The molecule has 2 aliphatic heterocycles. The third-order valence-corrected chi connectivity index (χ3v) is 7.96. The van der Waals surface area contributed by atoms with Crippen LogP contribution in [0.15, 0.2) is 40.8 Å². The van der Waals surface area contributed by atoms with Crippen LogP contribution in [0.1, 0.15) is 40.0 Å². The first-order valence-corrected chi connectivity index (χ1v) is 12.6. The second kappa shape index (κ2) is 9.89. The number of nitrogens with one attached hydrogen (secondary N) is 1. The minimum absolute atomic E-state index is 0.0677. The van der Waals surface area contributed by atoms with Crippen molar-refractivity contribution in [2.24, 2.45) is 5.92 Å². The lowest BCUT2D eigenvalue weighted by molar-refractivity contribution is -0.124. The Morgan fingerprint density at radius 1 is 1.35 bits per heavy atom. The average molecular weight is 491 g/mol. The van der Waals surface area contributed by atoms with Crippen LogP contribution >= 0.6 is 11.8 Å². The number of benzene rings is 1. The normalized spacial score (nSPS) is 33.8. The van der Waals surface area contributed by atoms with Crippen LogP contribution in [0.25, 0.3) is 0 Å². The van der Waals surface area contributed by atoms with Gasteiger partial charge in [-0.25, -0.2) is 4.79 Å². The Bertz CT molecular complexity index is 960. The molecule has 186 valence electrons. The van der Waals surface area contributed by atoms with Crippen LogP contribution in [-0.4, -0.2) is 61.0 Å². The van der Waals surface area contributed by atoms with Crippen LogP contribution < -0.4 is 11.1 Å². The van der Waals surface area contributed by atoms with Crippen LogP contribution in [0, 0.1) is 5.92 Å². The number of epoxide rings is 2. The van der Waals surface area contributed by atoms with Gasteiger partial charge in [-0.15, -0.1) is 11.8 Å². The number of amides is 2. The summed E-state index contributed by atoms with van der Waals surface area (Å²) in [6.07, 6.45) is 2.78. The molecule has 3 aliphatic rings. The summed E-state index contributed by atoms with van der Waals surface area (Å²) >= 11 is 1.30. The number of nitrogens with two attached hydrogens (primary N) is 1. The predicted octanol–water partition coefficient (Wildman–Crippen LogP) is 3.69. The Morgan fingerprint density at radius 2 is 2.12 bits per heavy atom. The fraction of sp³-hybridized carbons (Fsp3) is 0.600. The Balaban J connectivity index is 1.35. The van der Waals surface area contributed by atoms with Crippen molar-refractivity contribution in [3.05, 3.63) is 35.9 Å². The third kappa shape index (κ3) is 5.43. The lowest BCUT2D eigenvalue weighted by Crippen LogP contribution is -2.56. The van der Waals surface area contributed by atoms with E-state index in [2.05, 4.69) is 32.2 Å². The highest BCUT2D eigenvalue weighted by Gasteiger charge is 2.72. The van der Waals surface area contributed by atoms with Crippen molar-refractivity contribution in [3.63, 3.8) is 0 Å². The summed E-state index contributed by atoms with van der Waals surface area (Å²) in [5, 5.41) is 2.33. The molecule has 1 spiro atoms. The first-order valence-electron chi connectivity index (χ1n) is 11.6. The zero-order valence-corrected chi connectivity index (χ0v) is 21.0. The monoisotopic (exact) mass is 490 g/mol. The van der Waals surface area contributed by atoms with E-state index in [1.54, 1.807) is 19.2 Å². The molecule has 0 aromatic heterocycles. The van der Waals surface area contributed by atoms with E-state index in [1.165, 1.54) is 17.3 Å². The number of hydrogen-bond acceptors (Lipinski definition) is 8. The van der Waals surface area contributed by atoms with Crippen molar-refractivity contribution in [1.82, 2.24) is 5.32 Å². The summed E-state index contributed by atoms with van der Waals surface area (Å²) in [5.41, 5.74) is 6.93. The number of thioether (sulfide) groups is 1. The first kappa shape index (κ1) is 25.0. The van der Waals surface area contributed by atoms with Crippen molar-refractivity contribution in [3.8, 4) is 0 Å². The van der Waals surface area contributed by atoms with Gasteiger partial charge < -0.3 is 24.7 Å². The number of imide groups is 1. The fourth-order valence-corrected chi connectivity index (χ4v) is 5.90. The predicted molar refractivity (Wildman–Crippen MR) is 130 cm³/mol. The zero-order chi connectivity index (χ0) is 24.5. The number of nitrogen functional groups attached to an aromatic ring is 1. The van der Waals surface area contributed by atoms with Gasteiger partial charge in [0.25, 0.3) is 0 Å². The molecular formula is C25H34N2O6S. The standard InChI is InChI=1S/C25H34N2O6S/c1-15(2)8-9-19-24(3,33-19)22-21(30-4)18(10-11-25(22)14-31-25)32-23(29)27-20(28)13-34-17-7-5-6-16(26)12-17/h5-8,12,18-19,21-22H,9-11,13-14,26H2,1-4H3,(H,27,28,29)/t18-,19-,21-,22-,24+,25+/m1/s1. The van der Waals surface area contributed by atoms with Gasteiger partial charge in [0.1, 0.15) is 23.4 Å². The van der Waals surface area contributed by atoms with Crippen LogP contribution in [0.3, 0.4) is 0 Å². The van der Waals surface area contributed by atoms with E-state index in [1.807, 2.05) is 12.1 Å². The highest BCUT2D eigenvalue weighted by atomic mass is 32.2. The van der Waals surface area contributed by atoms with Crippen molar-refractivity contribution in [1.29, 1.82) is 0 Å². The van der Waals surface area contributed by atoms with Crippen LogP contribution in [0.5, 0.6) is 0 Å². The highest BCUT2D eigenvalue weighted by Crippen LogP contribution is 2.59. The maximum absolute atomic E-state index is 12.5. The van der Waals surface area contributed by atoms with Crippen molar-refractivity contribution in [2.45, 2.75) is 74.4 Å². The molecule has 3 fully saturated rings. The quantitative estimate of drug-likeness (QED) is 0.245. The summed E-state index contributed by atoms with van der Waals surface area (Å²) in [7, 11) is 1.62. The molecule has 3 N–H and O–H groups in total. The molecule has 9 heteroatoms. The van der Waals surface area contributed by atoms with Gasteiger partial charge in [-0.05, 0) is 58.2 Å². The van der Waals surface area contributed by atoms with Gasteiger partial charge >= 0.3 is 6.09 Å². The summed E-state index contributed by atoms with van der Waals surface area (Å²) < 4.78 is 23.7. The first-order chi connectivity index (χ1) is 16.2. The number of rotatable bonds is 8. The number of methoxy groups -OCH3 is 1. The maximum Gasteiger partial charge on any atom is 0.414 e. The molecule has 6 atom stereocenters. The zero-order valence-electron chi connectivity index (χ0n) is 20.2. The maximum atomic E-state index is 12.5. The molecular weight excluding hydrogens is 456 g/mol. The van der Waals surface area contributed by atoms with Crippen molar-refractivity contribution < 1.29 is 28.5 Å². The molecule has 2 saturated heterocycles. The Hall–Kier alpha value is -2.07. The fourth-order valence-electron chi connectivity index (χ4n) is 5.14. The number of anilines is 1. The van der Waals surface area contributed by atoms with Crippen molar-refractivity contribution in [2.75, 3.05) is 25.2 Å². The minimum Gasteiger partial charge on any atom is -0.443 e. The molecule has 8 nitrogen and oxygen atoms in total. The number of ether oxygens (including phenoxy) is 4. The van der Waals surface area contributed by atoms with Gasteiger partial charge in [0.15, 0.2) is 0 Å². The topological polar surface area (TPSA) is 116 Å². The SMILES string of the molecule is CO[C@@H]1[C@H](OC(=O)NC(=O)CSc2cccc(N)c2)CC[C@]2(CO2)[C@H]1[C@@]1(C)O[C@@H]1CC=C(C)C. The van der Waals surface area contributed by atoms with E-state index in [4.69, 9.17) is 24.7 Å². The number of carbonyl (C=O) groups is 2. The minimum atomic E-state index is -0.764. The largest absolute Gasteiger partial charge is 0.443 e. The molecule has 0 unspecified atom stereocenters. The third-order valence-electron chi connectivity index (χ3n) is 6.96. The second-order valence-corrected chi connectivity index (χ2v) is 10.8. The molecule has 1 aromatic carbocycles. The average Bonchev–Trinajstić information content (AvgIpc) is 3.69. The summed E-state index contributed by atoms with van der Waals surface area (Å²) in [6, 6.07) is 7.24. The Morgan fingerprint density at radius 3 is 2.76 bits per heavy atom. The summed E-state index contributed by atoms with van der Waals surface area (Å²) in [4.78, 5) is 25.7. The summed E-state index contributed by atoms with van der Waals surface area (Å²) in [6.45, 7) is 6.89. The van der Waals surface area contributed by atoms with E-state index in [0.717, 1.165) is 17.7 Å². The van der Waals surface area contributed by atoms with Crippen LogP contribution in [-0.2, 0) is 23.7 Å². The molecule has 2 amide bonds. The molecule has 4 rings (SSSR count). The molecule has 0 bridgehead atoms. The van der Waals surface area contributed by atoms with E-state index in [9.17, 15) is 9.59 Å². The number of alkyl carbamates (subject to hydrolysis) is 1. The second-order valence-electron chi connectivity index (χ2n) is 9.73. The van der Waals surface area contributed by atoms with E-state index in [-0.39, 0.29) is 29.5 Å². The van der Waals surface area contributed by atoms with Crippen LogP contribution in [0.2, 0.25) is 0 Å². The number of hydrogen-bond donors (Lipinski definition) is 2. The van der Waals surface area contributed by atoms with Gasteiger partial charge in [-0.2, -0.15) is 0 Å². The number of allylic oxidation sites excluding steroid dienone is 1. The highest BCUT2D eigenvalue weighted by molar-refractivity contribution is 8.00. The van der Waals surface area contributed by atoms with Gasteiger partial charge in [-0.1, -0.05) is 17.7 Å². The number of carbonyl (C=O) groups excluding carboxylic acids is 2. The lowest BCUT2D eigenvalue weighted by atomic mass is 9.68. The van der Waals surface area contributed by atoms with Crippen LogP contribution in [0.4, 0.5) is 10.5 Å². The van der Waals surface area contributed by atoms with E-state index < -0.39 is 23.7 Å². The lowest BCUT2D eigenvalue weighted by Gasteiger charge is -2.42. The molecule has 2 heterocycles. The molecule has 0 radical (unpaired) electrons. The van der Waals surface area contributed by atoms with Gasteiger partial charge in [0.05, 0.1) is 24.4 Å². The molecule has 1 saturated carbocycles. The van der Waals surface area contributed by atoms with E-state index >= 15 is 0 Å². The molecule has 1 aromatic rings.